The van der Waals surface area contributed by atoms with Gasteiger partial charge >= 0.3 is 5.97 Å². The van der Waals surface area contributed by atoms with E-state index < -0.39 is 5.97 Å². The van der Waals surface area contributed by atoms with Crippen molar-refractivity contribution < 1.29 is 9.90 Å². The van der Waals surface area contributed by atoms with Crippen molar-refractivity contribution in [3.63, 3.8) is 0 Å². The first-order valence-electron chi connectivity index (χ1n) is 4.71. The Morgan fingerprint density at radius 2 is 2.24 bits per heavy atom. The molecule has 0 unspecified atom stereocenters. The molecule has 7 heteroatoms. The number of nitrogens with zero attached hydrogens (tertiary/aromatic N) is 3. The van der Waals surface area contributed by atoms with Crippen LogP contribution < -0.4 is 5.73 Å². The van der Waals surface area contributed by atoms with Gasteiger partial charge in [0.25, 0.3) is 5.82 Å². The van der Waals surface area contributed by atoms with Gasteiger partial charge in [-0.25, -0.2) is 4.79 Å². The van der Waals surface area contributed by atoms with Gasteiger partial charge in [0.05, 0.1) is 5.69 Å². The van der Waals surface area contributed by atoms with Gasteiger partial charge in [-0.3, -0.25) is 0 Å². The monoisotopic (exact) mass is 252 g/mol. The normalized spacial score (nSPS) is 10.5. The van der Waals surface area contributed by atoms with Crippen LogP contribution in [-0.2, 0) is 0 Å². The molecule has 0 saturated carbocycles. The standard InChI is InChI=1S/C10H9ClN4O2/c1-5-2-3-6(4-7(5)11)15-10(12)13-8(14-15)9(16)17/h2-4H,1H3,(H,16,17)(H2,12,13,14). The molecule has 0 aliphatic carbocycles. The van der Waals surface area contributed by atoms with Crippen LogP contribution in [0.15, 0.2) is 18.2 Å². The first-order valence-corrected chi connectivity index (χ1v) is 5.09. The van der Waals surface area contributed by atoms with Crippen LogP contribution >= 0.6 is 11.6 Å². The number of hydrogen-bond acceptors (Lipinski definition) is 4. The maximum Gasteiger partial charge on any atom is 0.375 e. The number of aromatic nitrogens is 3. The zero-order valence-corrected chi connectivity index (χ0v) is 9.64. The number of benzene rings is 1. The van der Waals surface area contributed by atoms with Crippen LogP contribution in [0, 0.1) is 6.92 Å². The lowest BCUT2D eigenvalue weighted by Gasteiger charge is -2.04. The highest BCUT2D eigenvalue weighted by Gasteiger charge is 2.14. The summed E-state index contributed by atoms with van der Waals surface area (Å²) >= 11 is 5.97. The Hall–Kier alpha value is -2.08. The molecular weight excluding hydrogens is 244 g/mol. The maximum atomic E-state index is 10.7. The van der Waals surface area contributed by atoms with E-state index in [4.69, 9.17) is 22.4 Å². The van der Waals surface area contributed by atoms with Crippen LogP contribution in [0.1, 0.15) is 16.2 Å². The van der Waals surface area contributed by atoms with Crippen molar-refractivity contribution in [1.82, 2.24) is 14.8 Å². The molecule has 2 rings (SSSR count). The van der Waals surface area contributed by atoms with Crippen molar-refractivity contribution in [3.8, 4) is 5.69 Å². The molecule has 2 aromatic rings. The Balaban J connectivity index is 2.52. The van der Waals surface area contributed by atoms with Gasteiger partial charge in [0.1, 0.15) is 0 Å². The van der Waals surface area contributed by atoms with E-state index in [1.54, 1.807) is 18.2 Å². The van der Waals surface area contributed by atoms with Crippen LogP contribution in [0.25, 0.3) is 5.69 Å². The number of carboxylic acids is 1. The lowest BCUT2D eigenvalue weighted by Crippen LogP contribution is -2.03. The number of nitrogen functional groups attached to an aromatic ring is 1. The number of anilines is 1. The Morgan fingerprint density at radius 3 is 2.76 bits per heavy atom. The first kappa shape index (κ1) is 11.4. The molecule has 3 N–H and O–H groups in total. The number of nitrogens with two attached hydrogens (primary N) is 1. The molecule has 0 bridgehead atoms. The van der Waals surface area contributed by atoms with Gasteiger partial charge in [-0.05, 0) is 24.6 Å². The third kappa shape index (κ3) is 2.07. The van der Waals surface area contributed by atoms with E-state index >= 15 is 0 Å². The van der Waals surface area contributed by atoms with E-state index in [1.165, 1.54) is 4.68 Å². The van der Waals surface area contributed by atoms with Crippen molar-refractivity contribution in [2.45, 2.75) is 6.92 Å². The summed E-state index contributed by atoms with van der Waals surface area (Å²) in [5.41, 5.74) is 7.06. The minimum absolute atomic E-state index is 0.00215. The summed E-state index contributed by atoms with van der Waals surface area (Å²) in [5, 5.41) is 13.1. The average molecular weight is 253 g/mol. The summed E-state index contributed by atoms with van der Waals surface area (Å²) < 4.78 is 1.23. The lowest BCUT2D eigenvalue weighted by atomic mass is 10.2. The Bertz CT molecular complexity index is 594. The van der Waals surface area contributed by atoms with E-state index in [2.05, 4.69) is 10.1 Å². The number of hydrogen-bond donors (Lipinski definition) is 2. The fraction of sp³-hybridized carbons (Fsp3) is 0.100. The zero-order chi connectivity index (χ0) is 12.6. The number of aromatic carboxylic acids is 1. The number of carboxylic acid groups (broad SMARTS) is 1. The van der Waals surface area contributed by atoms with Crippen molar-refractivity contribution in [2.75, 3.05) is 5.73 Å². The molecular formula is C10H9ClN4O2. The number of halogens is 1. The van der Waals surface area contributed by atoms with E-state index in [-0.39, 0.29) is 11.8 Å². The third-order valence-corrected chi connectivity index (χ3v) is 2.63. The second-order valence-electron chi connectivity index (χ2n) is 3.44. The highest BCUT2D eigenvalue weighted by Crippen LogP contribution is 2.20. The molecule has 0 amide bonds. The van der Waals surface area contributed by atoms with Crippen LogP contribution in [0.3, 0.4) is 0 Å². The van der Waals surface area contributed by atoms with Gasteiger partial charge in [0, 0.05) is 5.02 Å². The average Bonchev–Trinajstić information content (AvgIpc) is 2.65. The zero-order valence-electron chi connectivity index (χ0n) is 8.88. The van der Waals surface area contributed by atoms with E-state index in [0.717, 1.165) is 5.56 Å². The molecule has 0 spiro atoms. The summed E-state index contributed by atoms with van der Waals surface area (Å²) in [7, 11) is 0. The number of aryl methyl sites for hydroxylation is 1. The fourth-order valence-corrected chi connectivity index (χ4v) is 1.49. The molecule has 0 radical (unpaired) electrons. The largest absolute Gasteiger partial charge is 0.475 e. The first-order chi connectivity index (χ1) is 7.99. The maximum absolute atomic E-state index is 10.7. The van der Waals surface area contributed by atoms with Crippen molar-refractivity contribution in [2.24, 2.45) is 0 Å². The highest BCUT2D eigenvalue weighted by molar-refractivity contribution is 6.31. The molecule has 0 fully saturated rings. The molecule has 88 valence electrons. The van der Waals surface area contributed by atoms with Gasteiger partial charge in [-0.2, -0.15) is 9.67 Å². The van der Waals surface area contributed by atoms with Gasteiger partial charge in [0.2, 0.25) is 5.95 Å². The molecule has 1 aromatic heterocycles. The summed E-state index contributed by atoms with van der Waals surface area (Å²) in [5.74, 6) is -1.57. The molecule has 0 aliphatic rings. The summed E-state index contributed by atoms with van der Waals surface area (Å²) in [6.07, 6.45) is 0. The van der Waals surface area contributed by atoms with Crippen LogP contribution in [0.2, 0.25) is 5.02 Å². The quantitative estimate of drug-likeness (QED) is 0.845. The third-order valence-electron chi connectivity index (χ3n) is 2.22. The molecule has 0 atom stereocenters. The summed E-state index contributed by atoms with van der Waals surface area (Å²) in [6.45, 7) is 1.86. The van der Waals surface area contributed by atoms with Crippen molar-refractivity contribution in [1.29, 1.82) is 0 Å². The summed E-state index contributed by atoms with van der Waals surface area (Å²) in [6, 6.07) is 5.17. The predicted molar refractivity (Wildman–Crippen MR) is 62.5 cm³/mol. The van der Waals surface area contributed by atoms with Crippen LogP contribution in [0.5, 0.6) is 0 Å². The predicted octanol–water partition coefficient (Wildman–Crippen LogP) is 1.51. The topological polar surface area (TPSA) is 94.0 Å². The molecule has 6 nitrogen and oxygen atoms in total. The molecule has 1 heterocycles. The minimum Gasteiger partial charge on any atom is -0.475 e. The van der Waals surface area contributed by atoms with Crippen molar-refractivity contribution >= 4 is 23.5 Å². The van der Waals surface area contributed by atoms with Crippen LogP contribution in [0.4, 0.5) is 5.95 Å². The number of rotatable bonds is 2. The minimum atomic E-state index is -1.23. The smallest absolute Gasteiger partial charge is 0.375 e. The van der Waals surface area contributed by atoms with E-state index in [9.17, 15) is 4.79 Å². The van der Waals surface area contributed by atoms with E-state index in [1.807, 2.05) is 6.92 Å². The molecule has 17 heavy (non-hydrogen) atoms. The lowest BCUT2D eigenvalue weighted by molar-refractivity contribution is 0.0683. The fourth-order valence-electron chi connectivity index (χ4n) is 1.32. The van der Waals surface area contributed by atoms with Gasteiger partial charge in [-0.1, -0.05) is 17.7 Å². The Labute approximate surface area is 102 Å². The SMILES string of the molecule is Cc1ccc(-n2nc(C(=O)O)nc2N)cc1Cl. The molecule has 1 aromatic carbocycles. The molecule has 0 saturated heterocycles. The Kier molecular flexibility index (Phi) is 2.72. The second-order valence-corrected chi connectivity index (χ2v) is 3.85. The second kappa shape index (κ2) is 4.06. The molecule has 0 aliphatic heterocycles. The summed E-state index contributed by atoms with van der Waals surface area (Å²) in [4.78, 5) is 14.3. The van der Waals surface area contributed by atoms with E-state index in [0.29, 0.717) is 10.7 Å². The number of carbonyl (C=O) groups is 1. The van der Waals surface area contributed by atoms with Gasteiger partial charge < -0.3 is 10.8 Å². The Morgan fingerprint density at radius 1 is 1.53 bits per heavy atom. The van der Waals surface area contributed by atoms with Gasteiger partial charge in [0.15, 0.2) is 0 Å². The van der Waals surface area contributed by atoms with Gasteiger partial charge in [-0.15, -0.1) is 5.10 Å². The van der Waals surface area contributed by atoms with Crippen LogP contribution in [-0.4, -0.2) is 25.8 Å². The highest BCUT2D eigenvalue weighted by atomic mass is 35.5. The van der Waals surface area contributed by atoms with Crippen molar-refractivity contribution in [3.05, 3.63) is 34.6 Å².